The molecule has 0 radical (unpaired) electrons. The van der Waals surface area contributed by atoms with Crippen LogP contribution in [0, 0.1) is 0 Å². The van der Waals surface area contributed by atoms with Gasteiger partial charge >= 0.3 is 5.97 Å². The van der Waals surface area contributed by atoms with Crippen molar-refractivity contribution in [3.05, 3.63) is 33.3 Å². The Bertz CT molecular complexity index is 370. The maximum Gasteiger partial charge on any atom is 0.307 e. The van der Waals surface area contributed by atoms with Crippen LogP contribution in [0.4, 0.5) is 0 Å². The van der Waals surface area contributed by atoms with E-state index in [0.29, 0.717) is 5.02 Å². The highest BCUT2D eigenvalue weighted by Crippen LogP contribution is 2.27. The monoisotopic (exact) mass is 291 g/mol. The summed E-state index contributed by atoms with van der Waals surface area (Å²) >= 11 is 9.28. The van der Waals surface area contributed by atoms with Gasteiger partial charge in [-0.05, 0) is 23.8 Å². The van der Waals surface area contributed by atoms with Crippen molar-refractivity contribution in [3.63, 3.8) is 0 Å². The zero-order valence-electron chi connectivity index (χ0n) is 8.17. The van der Waals surface area contributed by atoms with E-state index in [9.17, 15) is 4.79 Å². The van der Waals surface area contributed by atoms with Crippen LogP contribution in [0.3, 0.4) is 0 Å². The van der Waals surface area contributed by atoms with Gasteiger partial charge in [-0.2, -0.15) is 0 Å². The Labute approximate surface area is 102 Å². The average Bonchev–Trinajstić information content (AvgIpc) is 2.21. The number of hydrogen-bond acceptors (Lipinski definition) is 3. The maximum atomic E-state index is 11.0. The summed E-state index contributed by atoms with van der Waals surface area (Å²) in [5.41, 5.74) is 6.57. The van der Waals surface area contributed by atoms with Gasteiger partial charge in [0.25, 0.3) is 0 Å². The van der Waals surface area contributed by atoms with Crippen molar-refractivity contribution < 1.29 is 9.53 Å². The largest absolute Gasteiger partial charge is 0.469 e. The van der Waals surface area contributed by atoms with Crippen molar-refractivity contribution in [3.8, 4) is 0 Å². The summed E-state index contributed by atoms with van der Waals surface area (Å²) in [7, 11) is 1.33. The molecular weight excluding hydrogens is 281 g/mol. The summed E-state index contributed by atoms with van der Waals surface area (Å²) in [5, 5.41) is 0.551. The van der Waals surface area contributed by atoms with Crippen LogP contribution in [-0.2, 0) is 9.53 Å². The molecule has 0 bridgehead atoms. The number of carbonyl (C=O) groups is 1. The lowest BCUT2D eigenvalue weighted by atomic mass is 10.1. The Morgan fingerprint density at radius 3 is 2.93 bits per heavy atom. The van der Waals surface area contributed by atoms with Crippen LogP contribution in [0.5, 0.6) is 0 Å². The minimum Gasteiger partial charge on any atom is -0.469 e. The summed E-state index contributed by atoms with van der Waals surface area (Å²) in [6.07, 6.45) is 0.118. The van der Waals surface area contributed by atoms with Gasteiger partial charge in [0.15, 0.2) is 0 Å². The minimum atomic E-state index is -0.442. The number of methoxy groups -OCH3 is 1. The van der Waals surface area contributed by atoms with Crippen molar-refractivity contribution >= 4 is 33.5 Å². The van der Waals surface area contributed by atoms with Crippen LogP contribution in [0.2, 0.25) is 5.02 Å². The van der Waals surface area contributed by atoms with Gasteiger partial charge in [0, 0.05) is 15.5 Å². The molecule has 15 heavy (non-hydrogen) atoms. The molecule has 0 aliphatic carbocycles. The van der Waals surface area contributed by atoms with E-state index >= 15 is 0 Å². The second-order valence-electron chi connectivity index (χ2n) is 3.05. The summed E-state index contributed by atoms with van der Waals surface area (Å²) in [6, 6.07) is 4.91. The Morgan fingerprint density at radius 2 is 2.33 bits per heavy atom. The van der Waals surface area contributed by atoms with Gasteiger partial charge in [0.1, 0.15) is 0 Å². The molecule has 82 valence electrons. The van der Waals surface area contributed by atoms with Crippen molar-refractivity contribution in [2.24, 2.45) is 5.73 Å². The molecule has 0 aliphatic heterocycles. The first-order chi connectivity index (χ1) is 7.04. The molecule has 0 saturated carbocycles. The number of rotatable bonds is 3. The Morgan fingerprint density at radius 1 is 1.67 bits per heavy atom. The molecule has 2 N–H and O–H groups in total. The minimum absolute atomic E-state index is 0.118. The van der Waals surface area contributed by atoms with Crippen LogP contribution in [0.15, 0.2) is 22.7 Å². The molecule has 3 nitrogen and oxygen atoms in total. The normalized spacial score (nSPS) is 12.3. The third-order valence-electron chi connectivity index (χ3n) is 1.97. The van der Waals surface area contributed by atoms with Gasteiger partial charge in [0.2, 0.25) is 0 Å². The van der Waals surface area contributed by atoms with Gasteiger partial charge in [-0.15, -0.1) is 0 Å². The Kier molecular flexibility index (Phi) is 4.57. The number of hydrogen-bond donors (Lipinski definition) is 1. The molecule has 0 fully saturated rings. The van der Waals surface area contributed by atoms with Crippen molar-refractivity contribution in [2.45, 2.75) is 12.5 Å². The molecule has 0 unspecified atom stereocenters. The average molecular weight is 293 g/mol. The number of benzene rings is 1. The van der Waals surface area contributed by atoms with E-state index in [-0.39, 0.29) is 12.4 Å². The lowest BCUT2D eigenvalue weighted by Crippen LogP contribution is -2.16. The van der Waals surface area contributed by atoms with Crippen LogP contribution < -0.4 is 5.73 Å². The number of ether oxygens (including phenoxy) is 1. The fraction of sp³-hybridized carbons (Fsp3) is 0.300. The van der Waals surface area contributed by atoms with Gasteiger partial charge in [-0.1, -0.05) is 27.5 Å². The SMILES string of the molecule is COC(=O)C[C@H](N)c1cc(Br)ccc1Cl. The molecule has 0 heterocycles. The number of carbonyl (C=O) groups excluding carboxylic acids is 1. The summed E-state index contributed by atoms with van der Waals surface area (Å²) < 4.78 is 5.42. The fourth-order valence-corrected chi connectivity index (χ4v) is 1.81. The van der Waals surface area contributed by atoms with Crippen molar-refractivity contribution in [1.82, 2.24) is 0 Å². The zero-order valence-corrected chi connectivity index (χ0v) is 10.5. The first-order valence-electron chi connectivity index (χ1n) is 4.32. The summed E-state index contributed by atoms with van der Waals surface area (Å²) in [4.78, 5) is 11.0. The third kappa shape index (κ3) is 3.48. The van der Waals surface area contributed by atoms with Crippen LogP contribution in [0.25, 0.3) is 0 Å². The smallest absolute Gasteiger partial charge is 0.307 e. The molecule has 0 spiro atoms. The van der Waals surface area contributed by atoms with Gasteiger partial charge < -0.3 is 10.5 Å². The lowest BCUT2D eigenvalue weighted by molar-refractivity contribution is -0.141. The molecule has 1 atom stereocenters. The van der Waals surface area contributed by atoms with E-state index in [2.05, 4.69) is 20.7 Å². The van der Waals surface area contributed by atoms with E-state index in [0.717, 1.165) is 10.0 Å². The first-order valence-corrected chi connectivity index (χ1v) is 5.49. The predicted octanol–water partition coefficient (Wildman–Crippen LogP) is 2.67. The zero-order chi connectivity index (χ0) is 11.4. The Balaban J connectivity index is 2.85. The quantitative estimate of drug-likeness (QED) is 0.871. The van der Waals surface area contributed by atoms with Crippen LogP contribution in [0.1, 0.15) is 18.0 Å². The fourth-order valence-electron chi connectivity index (χ4n) is 1.17. The molecule has 1 rings (SSSR count). The van der Waals surface area contributed by atoms with E-state index in [1.54, 1.807) is 12.1 Å². The van der Waals surface area contributed by atoms with Crippen molar-refractivity contribution in [2.75, 3.05) is 7.11 Å². The van der Waals surface area contributed by atoms with Crippen LogP contribution >= 0.6 is 27.5 Å². The molecule has 5 heteroatoms. The van der Waals surface area contributed by atoms with E-state index < -0.39 is 6.04 Å². The molecule has 0 aliphatic rings. The first kappa shape index (κ1) is 12.5. The highest BCUT2D eigenvalue weighted by molar-refractivity contribution is 9.10. The molecule has 1 aromatic rings. The summed E-state index contributed by atoms with van der Waals surface area (Å²) in [5.74, 6) is -0.349. The second-order valence-corrected chi connectivity index (χ2v) is 4.38. The molecule has 0 aromatic heterocycles. The second kappa shape index (κ2) is 5.49. The van der Waals surface area contributed by atoms with E-state index in [1.165, 1.54) is 7.11 Å². The third-order valence-corrected chi connectivity index (χ3v) is 2.81. The highest BCUT2D eigenvalue weighted by Gasteiger charge is 2.14. The number of esters is 1. The molecule has 0 amide bonds. The van der Waals surface area contributed by atoms with E-state index in [4.69, 9.17) is 17.3 Å². The summed E-state index contributed by atoms with van der Waals surface area (Å²) in [6.45, 7) is 0. The molecular formula is C10H11BrClNO2. The number of halogens is 2. The highest BCUT2D eigenvalue weighted by atomic mass is 79.9. The van der Waals surface area contributed by atoms with Gasteiger partial charge in [-0.3, -0.25) is 4.79 Å². The lowest BCUT2D eigenvalue weighted by Gasteiger charge is -2.12. The predicted molar refractivity (Wildman–Crippen MR) is 62.7 cm³/mol. The van der Waals surface area contributed by atoms with Gasteiger partial charge in [0.05, 0.1) is 13.5 Å². The topological polar surface area (TPSA) is 52.3 Å². The van der Waals surface area contributed by atoms with Gasteiger partial charge in [-0.25, -0.2) is 0 Å². The standard InChI is InChI=1S/C10H11BrClNO2/c1-15-10(14)5-9(13)7-4-6(11)2-3-8(7)12/h2-4,9H,5,13H2,1H3/t9-/m0/s1. The number of nitrogens with two attached hydrogens (primary N) is 1. The van der Waals surface area contributed by atoms with Crippen molar-refractivity contribution in [1.29, 1.82) is 0 Å². The Hall–Kier alpha value is -0.580. The molecule has 0 saturated heterocycles. The van der Waals surface area contributed by atoms with E-state index in [1.807, 2.05) is 6.07 Å². The molecule has 1 aromatic carbocycles. The van der Waals surface area contributed by atoms with Crippen LogP contribution in [-0.4, -0.2) is 13.1 Å². The maximum absolute atomic E-state index is 11.0.